The molecule has 1 atom stereocenters. The van der Waals surface area contributed by atoms with Crippen molar-refractivity contribution in [2.45, 2.75) is 12.5 Å². The smallest absolute Gasteiger partial charge is 0.180 e. The van der Waals surface area contributed by atoms with Crippen LogP contribution < -0.4 is 5.73 Å². The van der Waals surface area contributed by atoms with Crippen LogP contribution in [0.1, 0.15) is 17.4 Å². The summed E-state index contributed by atoms with van der Waals surface area (Å²) in [5.74, 6) is 0.226. The molecule has 84 valence electrons. The second-order valence-corrected chi connectivity index (χ2v) is 3.86. The molecule has 1 heterocycles. The maximum Gasteiger partial charge on any atom is 0.180 e. The van der Waals surface area contributed by atoms with Gasteiger partial charge in [0, 0.05) is 5.02 Å². The number of rotatable bonds is 3. The van der Waals surface area contributed by atoms with Crippen molar-refractivity contribution in [2.24, 2.45) is 5.73 Å². The zero-order valence-electron chi connectivity index (χ0n) is 8.36. The third-order valence-corrected chi connectivity index (χ3v) is 2.63. The highest BCUT2D eigenvalue weighted by atomic mass is 35.5. The molecule has 0 saturated carbocycles. The van der Waals surface area contributed by atoms with Crippen molar-refractivity contribution in [3.63, 3.8) is 0 Å². The molecule has 0 fully saturated rings. The molecule has 1 aromatic heterocycles. The highest BCUT2D eigenvalue weighted by Gasteiger charge is 2.13. The first-order chi connectivity index (χ1) is 7.66. The number of halogens is 2. The summed E-state index contributed by atoms with van der Waals surface area (Å²) in [6.45, 7) is 0. The van der Waals surface area contributed by atoms with Gasteiger partial charge < -0.3 is 10.2 Å². The quantitative estimate of drug-likeness (QED) is 0.898. The molecule has 2 N–H and O–H groups in total. The minimum atomic E-state index is -0.373. The van der Waals surface area contributed by atoms with Crippen molar-refractivity contribution >= 4 is 11.6 Å². The minimum absolute atomic E-state index is 0.329. The van der Waals surface area contributed by atoms with Crippen LogP contribution in [0.2, 0.25) is 5.02 Å². The van der Waals surface area contributed by atoms with Crippen molar-refractivity contribution in [3.05, 3.63) is 53.0 Å². The maximum atomic E-state index is 13.0. The van der Waals surface area contributed by atoms with Crippen LogP contribution in [0.4, 0.5) is 4.39 Å². The SMILES string of the molecule is NC(Cc1cc(F)ccc1Cl)c1cnco1. The van der Waals surface area contributed by atoms with Gasteiger partial charge in [0.05, 0.1) is 12.2 Å². The average molecular weight is 241 g/mol. The van der Waals surface area contributed by atoms with Crippen LogP contribution in [0.3, 0.4) is 0 Å². The van der Waals surface area contributed by atoms with E-state index in [0.717, 1.165) is 0 Å². The second-order valence-electron chi connectivity index (χ2n) is 3.45. The van der Waals surface area contributed by atoms with E-state index in [9.17, 15) is 4.39 Å². The van der Waals surface area contributed by atoms with Gasteiger partial charge in [-0.1, -0.05) is 11.6 Å². The molecule has 0 aliphatic rings. The number of hydrogen-bond donors (Lipinski definition) is 1. The Morgan fingerprint density at radius 3 is 3.00 bits per heavy atom. The summed E-state index contributed by atoms with van der Waals surface area (Å²) in [4.78, 5) is 3.77. The van der Waals surface area contributed by atoms with Crippen LogP contribution in [0, 0.1) is 5.82 Å². The Kier molecular flexibility index (Phi) is 3.22. The summed E-state index contributed by atoms with van der Waals surface area (Å²) in [5, 5.41) is 0.497. The predicted octanol–water partition coefficient (Wildman–Crippen LogP) is 2.71. The first kappa shape index (κ1) is 11.1. The van der Waals surface area contributed by atoms with Crippen molar-refractivity contribution < 1.29 is 8.81 Å². The van der Waals surface area contributed by atoms with E-state index in [-0.39, 0.29) is 11.9 Å². The van der Waals surface area contributed by atoms with Crippen LogP contribution >= 0.6 is 11.6 Å². The predicted molar refractivity (Wildman–Crippen MR) is 58.5 cm³/mol. The molecule has 0 bridgehead atoms. The van der Waals surface area contributed by atoms with Crippen molar-refractivity contribution in [1.82, 2.24) is 4.98 Å². The van der Waals surface area contributed by atoms with Crippen LogP contribution in [0.25, 0.3) is 0 Å². The number of oxazole rings is 1. The standard InChI is InChI=1S/C11H10ClFN2O/c12-9-2-1-8(13)3-7(9)4-10(14)11-5-15-6-16-11/h1-3,5-6,10H,4,14H2. The van der Waals surface area contributed by atoms with E-state index in [1.807, 2.05) is 0 Å². The van der Waals surface area contributed by atoms with E-state index >= 15 is 0 Å². The molecule has 2 aromatic rings. The van der Waals surface area contributed by atoms with Gasteiger partial charge in [0.2, 0.25) is 0 Å². The highest BCUT2D eigenvalue weighted by molar-refractivity contribution is 6.31. The largest absolute Gasteiger partial charge is 0.447 e. The Morgan fingerprint density at radius 1 is 1.50 bits per heavy atom. The van der Waals surface area contributed by atoms with Gasteiger partial charge in [0.15, 0.2) is 6.39 Å². The average Bonchev–Trinajstić information content (AvgIpc) is 2.76. The molecule has 16 heavy (non-hydrogen) atoms. The molecule has 0 spiro atoms. The normalized spacial score (nSPS) is 12.7. The minimum Gasteiger partial charge on any atom is -0.447 e. The lowest BCUT2D eigenvalue weighted by Crippen LogP contribution is -2.12. The number of aromatic nitrogens is 1. The van der Waals surface area contributed by atoms with Crippen molar-refractivity contribution in [3.8, 4) is 0 Å². The van der Waals surface area contributed by atoms with E-state index in [1.165, 1.54) is 30.8 Å². The van der Waals surface area contributed by atoms with E-state index in [1.54, 1.807) is 0 Å². The lowest BCUT2D eigenvalue weighted by molar-refractivity contribution is 0.461. The fourth-order valence-corrected chi connectivity index (χ4v) is 1.64. The Labute approximate surface area is 97.0 Å². The zero-order valence-corrected chi connectivity index (χ0v) is 9.12. The van der Waals surface area contributed by atoms with Gasteiger partial charge in [0.1, 0.15) is 11.6 Å². The Morgan fingerprint density at radius 2 is 2.31 bits per heavy atom. The number of benzene rings is 1. The third-order valence-electron chi connectivity index (χ3n) is 2.26. The van der Waals surface area contributed by atoms with Gasteiger partial charge in [-0.3, -0.25) is 0 Å². The summed E-state index contributed by atoms with van der Waals surface area (Å²) in [6, 6.07) is 3.82. The summed E-state index contributed by atoms with van der Waals surface area (Å²) in [5.41, 5.74) is 6.53. The topological polar surface area (TPSA) is 52.0 Å². The molecule has 5 heteroatoms. The van der Waals surface area contributed by atoms with Crippen LogP contribution in [-0.4, -0.2) is 4.98 Å². The van der Waals surface area contributed by atoms with E-state index in [2.05, 4.69) is 4.98 Å². The molecule has 0 aliphatic carbocycles. The molecule has 2 rings (SSSR count). The maximum absolute atomic E-state index is 13.0. The van der Waals surface area contributed by atoms with Crippen molar-refractivity contribution in [2.75, 3.05) is 0 Å². The van der Waals surface area contributed by atoms with Gasteiger partial charge in [-0.2, -0.15) is 0 Å². The molecular weight excluding hydrogens is 231 g/mol. The monoisotopic (exact) mass is 240 g/mol. The van der Waals surface area contributed by atoms with Gasteiger partial charge in [0.25, 0.3) is 0 Å². The molecule has 0 radical (unpaired) electrons. The molecule has 0 amide bonds. The Bertz CT molecular complexity index is 473. The van der Waals surface area contributed by atoms with Gasteiger partial charge in [-0.05, 0) is 30.2 Å². The van der Waals surface area contributed by atoms with Crippen LogP contribution in [-0.2, 0) is 6.42 Å². The van der Waals surface area contributed by atoms with Gasteiger partial charge >= 0.3 is 0 Å². The lowest BCUT2D eigenvalue weighted by atomic mass is 10.1. The van der Waals surface area contributed by atoms with Crippen LogP contribution in [0.5, 0.6) is 0 Å². The summed E-state index contributed by atoms with van der Waals surface area (Å²) < 4.78 is 18.1. The number of hydrogen-bond acceptors (Lipinski definition) is 3. The zero-order chi connectivity index (χ0) is 11.5. The van der Waals surface area contributed by atoms with E-state index in [4.69, 9.17) is 21.8 Å². The van der Waals surface area contributed by atoms with Gasteiger partial charge in [-0.25, -0.2) is 9.37 Å². The summed E-state index contributed by atoms with van der Waals surface area (Å²) in [7, 11) is 0. The number of nitrogens with two attached hydrogens (primary N) is 1. The molecule has 0 aliphatic heterocycles. The first-order valence-corrected chi connectivity index (χ1v) is 5.12. The molecule has 0 saturated heterocycles. The molecule has 1 aromatic carbocycles. The summed E-state index contributed by atoms with van der Waals surface area (Å²) >= 11 is 5.93. The fraction of sp³-hybridized carbons (Fsp3) is 0.182. The third kappa shape index (κ3) is 2.40. The Balaban J connectivity index is 2.17. The summed E-state index contributed by atoms with van der Waals surface area (Å²) in [6.07, 6.45) is 3.26. The number of nitrogens with zero attached hydrogens (tertiary/aromatic N) is 1. The van der Waals surface area contributed by atoms with E-state index in [0.29, 0.717) is 22.8 Å². The van der Waals surface area contributed by atoms with Crippen molar-refractivity contribution in [1.29, 1.82) is 0 Å². The molecule has 1 unspecified atom stereocenters. The first-order valence-electron chi connectivity index (χ1n) is 4.74. The Hall–Kier alpha value is -1.39. The fourth-order valence-electron chi connectivity index (χ4n) is 1.45. The molecule has 3 nitrogen and oxygen atoms in total. The lowest BCUT2D eigenvalue weighted by Gasteiger charge is -2.09. The van der Waals surface area contributed by atoms with E-state index < -0.39 is 0 Å². The van der Waals surface area contributed by atoms with Crippen LogP contribution in [0.15, 0.2) is 35.2 Å². The second kappa shape index (κ2) is 4.63. The molecular formula is C11H10ClFN2O. The highest BCUT2D eigenvalue weighted by Crippen LogP contribution is 2.22. The van der Waals surface area contributed by atoms with Gasteiger partial charge in [-0.15, -0.1) is 0 Å².